The molecule has 6 heteroatoms. The maximum atomic E-state index is 11.3. The van der Waals surface area contributed by atoms with Gasteiger partial charge in [-0.3, -0.25) is 0 Å². The summed E-state index contributed by atoms with van der Waals surface area (Å²) in [6, 6.07) is 7.95. The van der Waals surface area contributed by atoms with Crippen LogP contribution in [0.5, 0.6) is 5.75 Å². The van der Waals surface area contributed by atoms with Gasteiger partial charge in [0, 0.05) is 10.9 Å². The van der Waals surface area contributed by atoms with Crippen LogP contribution in [0.15, 0.2) is 29.6 Å². The predicted molar refractivity (Wildman–Crippen MR) is 71.8 cm³/mol. The molecule has 0 aliphatic carbocycles. The van der Waals surface area contributed by atoms with Crippen LogP contribution in [0, 0.1) is 0 Å². The van der Waals surface area contributed by atoms with Crippen LogP contribution in [0.2, 0.25) is 0 Å². The van der Waals surface area contributed by atoms with Crippen LogP contribution in [-0.4, -0.2) is 24.7 Å². The van der Waals surface area contributed by atoms with Crippen molar-refractivity contribution >= 4 is 22.4 Å². The lowest BCUT2D eigenvalue weighted by atomic mass is 10.1. The normalized spacial score (nSPS) is 16.6. The molecule has 1 atom stereocenters. The fourth-order valence-corrected chi connectivity index (χ4v) is 2.70. The monoisotopic (exact) mass is 276 g/mol. The third-order valence-electron chi connectivity index (χ3n) is 2.90. The number of aromatic nitrogens is 1. The SMILES string of the molecule is COC(=O)c1csc(NC2COc3ccccc32)n1. The van der Waals surface area contributed by atoms with Gasteiger partial charge < -0.3 is 14.8 Å². The molecule has 1 aliphatic rings. The molecule has 98 valence electrons. The number of rotatable bonds is 3. The second kappa shape index (κ2) is 4.89. The highest BCUT2D eigenvalue weighted by Gasteiger charge is 2.24. The lowest BCUT2D eigenvalue weighted by molar-refractivity contribution is 0.0595. The van der Waals surface area contributed by atoms with Crippen LogP contribution in [0.25, 0.3) is 0 Å². The van der Waals surface area contributed by atoms with Gasteiger partial charge in [0.1, 0.15) is 12.4 Å². The molecule has 0 saturated carbocycles. The molecule has 0 saturated heterocycles. The van der Waals surface area contributed by atoms with Gasteiger partial charge in [-0.25, -0.2) is 9.78 Å². The van der Waals surface area contributed by atoms with Gasteiger partial charge in [-0.05, 0) is 6.07 Å². The topological polar surface area (TPSA) is 60.5 Å². The molecular formula is C13H12N2O3S. The summed E-state index contributed by atoms with van der Waals surface area (Å²) in [5.41, 5.74) is 1.43. The van der Waals surface area contributed by atoms with Crippen LogP contribution in [0.1, 0.15) is 22.1 Å². The average molecular weight is 276 g/mol. The van der Waals surface area contributed by atoms with E-state index in [-0.39, 0.29) is 6.04 Å². The molecule has 0 amide bonds. The van der Waals surface area contributed by atoms with Crippen molar-refractivity contribution in [2.75, 3.05) is 19.0 Å². The first-order valence-corrected chi connectivity index (χ1v) is 6.68. The van der Waals surface area contributed by atoms with Gasteiger partial charge in [0.15, 0.2) is 10.8 Å². The van der Waals surface area contributed by atoms with E-state index in [1.807, 2.05) is 24.3 Å². The van der Waals surface area contributed by atoms with Crippen LogP contribution < -0.4 is 10.1 Å². The molecule has 2 heterocycles. The average Bonchev–Trinajstić information content (AvgIpc) is 3.06. The Kier molecular flexibility index (Phi) is 3.08. The van der Waals surface area contributed by atoms with Gasteiger partial charge in [-0.2, -0.15) is 0 Å². The molecule has 1 unspecified atom stereocenters. The molecule has 1 N–H and O–H groups in total. The van der Waals surface area contributed by atoms with Crippen LogP contribution >= 0.6 is 11.3 Å². The molecule has 2 aromatic rings. The molecule has 1 aliphatic heterocycles. The van der Waals surface area contributed by atoms with E-state index in [2.05, 4.69) is 15.0 Å². The summed E-state index contributed by atoms with van der Waals surface area (Å²) in [5.74, 6) is 0.470. The first-order valence-electron chi connectivity index (χ1n) is 5.80. The lowest BCUT2D eigenvalue weighted by Crippen LogP contribution is -2.12. The molecule has 5 nitrogen and oxygen atoms in total. The molecule has 0 spiro atoms. The second-order valence-electron chi connectivity index (χ2n) is 4.08. The fourth-order valence-electron chi connectivity index (χ4n) is 1.97. The van der Waals surface area contributed by atoms with Gasteiger partial charge in [-0.15, -0.1) is 11.3 Å². The maximum Gasteiger partial charge on any atom is 0.357 e. The van der Waals surface area contributed by atoms with Crippen molar-refractivity contribution in [1.29, 1.82) is 0 Å². The number of ether oxygens (including phenoxy) is 2. The number of methoxy groups -OCH3 is 1. The quantitative estimate of drug-likeness (QED) is 0.873. The molecule has 3 rings (SSSR count). The van der Waals surface area contributed by atoms with E-state index in [4.69, 9.17) is 4.74 Å². The molecule has 19 heavy (non-hydrogen) atoms. The van der Waals surface area contributed by atoms with Crippen molar-refractivity contribution in [2.45, 2.75) is 6.04 Å². The van der Waals surface area contributed by atoms with E-state index in [0.717, 1.165) is 11.3 Å². The smallest absolute Gasteiger partial charge is 0.357 e. The third kappa shape index (κ3) is 2.26. The van der Waals surface area contributed by atoms with E-state index in [0.29, 0.717) is 17.4 Å². The number of hydrogen-bond acceptors (Lipinski definition) is 6. The van der Waals surface area contributed by atoms with Crippen molar-refractivity contribution in [3.05, 3.63) is 40.9 Å². The van der Waals surface area contributed by atoms with Gasteiger partial charge in [0.25, 0.3) is 0 Å². The Hall–Kier alpha value is -2.08. The number of anilines is 1. The standard InChI is InChI=1S/C13H12N2O3S/c1-17-12(16)10-7-19-13(15-10)14-9-6-18-11-5-3-2-4-8(9)11/h2-5,7,9H,6H2,1H3,(H,14,15). The number of carbonyl (C=O) groups excluding carboxylic acids is 1. The van der Waals surface area contributed by atoms with Gasteiger partial charge >= 0.3 is 5.97 Å². The maximum absolute atomic E-state index is 11.3. The van der Waals surface area contributed by atoms with Gasteiger partial charge in [0.05, 0.1) is 13.2 Å². The Balaban J connectivity index is 1.76. The first-order chi connectivity index (χ1) is 9.28. The number of nitrogens with zero attached hydrogens (tertiary/aromatic N) is 1. The number of esters is 1. The summed E-state index contributed by atoms with van der Waals surface area (Å²) >= 11 is 1.38. The minimum Gasteiger partial charge on any atom is -0.491 e. The van der Waals surface area contributed by atoms with Crippen molar-refractivity contribution in [3.63, 3.8) is 0 Å². The first kappa shape index (κ1) is 12.0. The summed E-state index contributed by atoms with van der Waals surface area (Å²) in [4.78, 5) is 15.5. The summed E-state index contributed by atoms with van der Waals surface area (Å²) in [7, 11) is 1.34. The fraction of sp³-hybridized carbons (Fsp3) is 0.231. The van der Waals surface area contributed by atoms with E-state index in [1.165, 1.54) is 18.4 Å². The largest absolute Gasteiger partial charge is 0.491 e. The number of carbonyl (C=O) groups is 1. The van der Waals surface area contributed by atoms with Crippen molar-refractivity contribution < 1.29 is 14.3 Å². The van der Waals surface area contributed by atoms with E-state index >= 15 is 0 Å². The Morgan fingerprint density at radius 3 is 3.21 bits per heavy atom. The van der Waals surface area contributed by atoms with Gasteiger partial charge in [-0.1, -0.05) is 18.2 Å². The second-order valence-corrected chi connectivity index (χ2v) is 4.93. The predicted octanol–water partition coefficient (Wildman–Crippen LogP) is 2.48. The number of nitrogens with one attached hydrogen (secondary N) is 1. The highest BCUT2D eigenvalue weighted by molar-refractivity contribution is 7.13. The van der Waals surface area contributed by atoms with E-state index < -0.39 is 5.97 Å². The zero-order valence-corrected chi connectivity index (χ0v) is 11.1. The van der Waals surface area contributed by atoms with Crippen LogP contribution in [0.4, 0.5) is 5.13 Å². The molecule has 1 aromatic carbocycles. The lowest BCUT2D eigenvalue weighted by Gasteiger charge is -2.09. The summed E-state index contributed by atoms with van der Waals surface area (Å²) in [5, 5.41) is 5.63. The number of hydrogen-bond donors (Lipinski definition) is 1. The zero-order valence-electron chi connectivity index (χ0n) is 10.3. The van der Waals surface area contributed by atoms with Crippen LogP contribution in [0.3, 0.4) is 0 Å². The van der Waals surface area contributed by atoms with Gasteiger partial charge in [0.2, 0.25) is 0 Å². The minimum absolute atomic E-state index is 0.0628. The summed E-state index contributed by atoms with van der Waals surface area (Å²) < 4.78 is 10.2. The summed E-state index contributed by atoms with van der Waals surface area (Å²) in [6.07, 6.45) is 0. The molecular weight excluding hydrogens is 264 g/mol. The Bertz CT molecular complexity index is 611. The number of benzene rings is 1. The summed E-state index contributed by atoms with van der Waals surface area (Å²) in [6.45, 7) is 0.562. The number of thiazole rings is 1. The number of para-hydroxylation sites is 1. The van der Waals surface area contributed by atoms with Crippen molar-refractivity contribution in [2.24, 2.45) is 0 Å². The Labute approximate surface area is 114 Å². The molecule has 0 bridgehead atoms. The minimum atomic E-state index is -0.424. The van der Waals surface area contributed by atoms with Crippen molar-refractivity contribution in [3.8, 4) is 5.75 Å². The number of fused-ring (bicyclic) bond motifs is 1. The Morgan fingerprint density at radius 1 is 1.53 bits per heavy atom. The highest BCUT2D eigenvalue weighted by atomic mass is 32.1. The molecule has 0 radical (unpaired) electrons. The highest BCUT2D eigenvalue weighted by Crippen LogP contribution is 2.34. The zero-order chi connectivity index (χ0) is 13.2. The van der Waals surface area contributed by atoms with E-state index in [9.17, 15) is 4.79 Å². The van der Waals surface area contributed by atoms with Crippen molar-refractivity contribution in [1.82, 2.24) is 4.98 Å². The molecule has 1 aromatic heterocycles. The van der Waals surface area contributed by atoms with E-state index in [1.54, 1.807) is 5.38 Å². The third-order valence-corrected chi connectivity index (χ3v) is 3.67. The molecule has 0 fully saturated rings. The Morgan fingerprint density at radius 2 is 2.37 bits per heavy atom. The van der Waals surface area contributed by atoms with Crippen LogP contribution in [-0.2, 0) is 4.74 Å².